The van der Waals surface area contributed by atoms with Gasteiger partial charge in [0.1, 0.15) is 11.3 Å². The molecule has 0 amide bonds. The maximum atomic E-state index is 11.2. The Morgan fingerprint density at radius 3 is 2.80 bits per heavy atom. The van der Waals surface area contributed by atoms with Crippen LogP contribution in [-0.4, -0.2) is 25.6 Å². The first-order valence-electron chi connectivity index (χ1n) is 6.24. The molecule has 20 heavy (non-hydrogen) atoms. The predicted octanol–water partition coefficient (Wildman–Crippen LogP) is 2.26. The summed E-state index contributed by atoms with van der Waals surface area (Å²) >= 11 is 0. The van der Waals surface area contributed by atoms with Gasteiger partial charge in [0.2, 0.25) is 0 Å². The maximum absolute atomic E-state index is 11.2. The molecule has 0 bridgehead atoms. The van der Waals surface area contributed by atoms with Crippen molar-refractivity contribution >= 4 is 17.1 Å². The van der Waals surface area contributed by atoms with Gasteiger partial charge in [-0.05, 0) is 23.8 Å². The number of carboxylic acids is 1. The summed E-state index contributed by atoms with van der Waals surface area (Å²) in [6.45, 7) is 0. The molecule has 0 unspecified atom stereocenters. The van der Waals surface area contributed by atoms with Crippen molar-refractivity contribution in [1.29, 1.82) is 0 Å². The fraction of sp³-hybridized carbons (Fsp3) is 0.133. The number of aromatic nitrogens is 3. The van der Waals surface area contributed by atoms with E-state index in [0.29, 0.717) is 12.0 Å². The summed E-state index contributed by atoms with van der Waals surface area (Å²) in [5.41, 5.74) is 2.68. The van der Waals surface area contributed by atoms with Crippen molar-refractivity contribution in [2.75, 3.05) is 0 Å². The average molecular weight is 267 g/mol. The van der Waals surface area contributed by atoms with Crippen LogP contribution in [0.1, 0.15) is 21.7 Å². The SMILES string of the molecule is Cn1c(Cc2ccccc2C(=O)O)nc2cccnc21. The summed E-state index contributed by atoms with van der Waals surface area (Å²) in [7, 11) is 1.89. The Labute approximate surface area is 115 Å². The second kappa shape index (κ2) is 4.77. The van der Waals surface area contributed by atoms with Crippen LogP contribution in [0.25, 0.3) is 11.2 Å². The zero-order valence-electron chi connectivity index (χ0n) is 10.9. The predicted molar refractivity (Wildman–Crippen MR) is 74.7 cm³/mol. The lowest BCUT2D eigenvalue weighted by atomic mass is 10.0. The van der Waals surface area contributed by atoms with Gasteiger partial charge in [0.15, 0.2) is 5.65 Å². The number of aryl methyl sites for hydroxylation is 1. The minimum atomic E-state index is -0.919. The normalized spacial score (nSPS) is 10.8. The minimum Gasteiger partial charge on any atom is -0.478 e. The fourth-order valence-electron chi connectivity index (χ4n) is 2.28. The van der Waals surface area contributed by atoms with Crippen molar-refractivity contribution in [2.24, 2.45) is 7.05 Å². The Morgan fingerprint density at radius 2 is 2.05 bits per heavy atom. The third-order valence-corrected chi connectivity index (χ3v) is 3.32. The molecule has 0 aliphatic heterocycles. The van der Waals surface area contributed by atoms with Crippen molar-refractivity contribution in [1.82, 2.24) is 14.5 Å². The quantitative estimate of drug-likeness (QED) is 0.790. The number of nitrogens with zero attached hydrogens (tertiary/aromatic N) is 3. The second-order valence-corrected chi connectivity index (χ2v) is 4.57. The maximum Gasteiger partial charge on any atom is 0.335 e. The molecule has 0 fully saturated rings. The van der Waals surface area contributed by atoms with Gasteiger partial charge in [-0.15, -0.1) is 0 Å². The van der Waals surface area contributed by atoms with Gasteiger partial charge in [-0.1, -0.05) is 18.2 Å². The van der Waals surface area contributed by atoms with Crippen LogP contribution < -0.4 is 0 Å². The zero-order valence-corrected chi connectivity index (χ0v) is 10.9. The van der Waals surface area contributed by atoms with Crippen LogP contribution in [0.2, 0.25) is 0 Å². The van der Waals surface area contributed by atoms with E-state index in [4.69, 9.17) is 0 Å². The van der Waals surface area contributed by atoms with Gasteiger partial charge in [0.25, 0.3) is 0 Å². The Bertz CT molecular complexity index is 793. The van der Waals surface area contributed by atoms with Gasteiger partial charge in [-0.3, -0.25) is 0 Å². The van der Waals surface area contributed by atoms with E-state index in [-0.39, 0.29) is 0 Å². The minimum absolute atomic E-state index is 0.313. The first-order chi connectivity index (χ1) is 9.66. The molecule has 0 atom stereocenters. The highest BCUT2D eigenvalue weighted by Crippen LogP contribution is 2.17. The molecule has 3 rings (SSSR count). The molecule has 0 spiro atoms. The molecule has 2 heterocycles. The molecule has 0 saturated heterocycles. The molecule has 100 valence electrons. The van der Waals surface area contributed by atoms with Crippen molar-refractivity contribution in [3.05, 3.63) is 59.5 Å². The monoisotopic (exact) mass is 267 g/mol. The van der Waals surface area contributed by atoms with Crippen molar-refractivity contribution in [2.45, 2.75) is 6.42 Å². The number of imidazole rings is 1. The van der Waals surface area contributed by atoms with E-state index < -0.39 is 5.97 Å². The fourth-order valence-corrected chi connectivity index (χ4v) is 2.28. The molecule has 3 aromatic rings. The van der Waals surface area contributed by atoms with E-state index in [2.05, 4.69) is 9.97 Å². The van der Waals surface area contributed by atoms with Crippen LogP contribution in [0.5, 0.6) is 0 Å². The van der Waals surface area contributed by atoms with Gasteiger partial charge in [-0.2, -0.15) is 0 Å². The Hall–Kier alpha value is -2.69. The van der Waals surface area contributed by atoms with Gasteiger partial charge >= 0.3 is 5.97 Å². The van der Waals surface area contributed by atoms with Gasteiger partial charge in [0.05, 0.1) is 5.56 Å². The number of fused-ring (bicyclic) bond motifs is 1. The van der Waals surface area contributed by atoms with Gasteiger partial charge < -0.3 is 9.67 Å². The highest BCUT2D eigenvalue weighted by atomic mass is 16.4. The first kappa shape index (κ1) is 12.3. The molecule has 5 nitrogen and oxygen atoms in total. The number of carboxylic acid groups (broad SMARTS) is 1. The summed E-state index contributed by atoms with van der Waals surface area (Å²) in [6.07, 6.45) is 2.19. The van der Waals surface area contributed by atoms with Crippen LogP contribution in [0.3, 0.4) is 0 Å². The Balaban J connectivity index is 2.06. The van der Waals surface area contributed by atoms with Crippen LogP contribution in [0, 0.1) is 0 Å². The van der Waals surface area contributed by atoms with E-state index in [1.807, 2.05) is 35.9 Å². The number of aromatic carboxylic acids is 1. The molecule has 1 aromatic carbocycles. The zero-order chi connectivity index (χ0) is 14.1. The van der Waals surface area contributed by atoms with Gasteiger partial charge in [-0.25, -0.2) is 14.8 Å². The third kappa shape index (κ3) is 2.03. The molecule has 0 aliphatic carbocycles. The number of pyridine rings is 1. The molecule has 1 N–H and O–H groups in total. The highest BCUT2D eigenvalue weighted by Gasteiger charge is 2.13. The van der Waals surface area contributed by atoms with E-state index in [9.17, 15) is 9.90 Å². The van der Waals surface area contributed by atoms with Crippen molar-refractivity contribution in [3.63, 3.8) is 0 Å². The highest BCUT2D eigenvalue weighted by molar-refractivity contribution is 5.89. The van der Waals surface area contributed by atoms with Crippen LogP contribution in [0.15, 0.2) is 42.6 Å². The standard InChI is InChI=1S/C15H13N3O2/c1-18-13(17-12-7-4-8-16-14(12)18)9-10-5-2-3-6-11(10)15(19)20/h2-8H,9H2,1H3,(H,19,20). The molecule has 0 aliphatic rings. The molecule has 0 radical (unpaired) electrons. The lowest BCUT2D eigenvalue weighted by Crippen LogP contribution is -2.06. The number of hydrogen-bond donors (Lipinski definition) is 1. The van der Waals surface area contributed by atoms with E-state index >= 15 is 0 Å². The molecular formula is C15H13N3O2. The molecule has 0 saturated carbocycles. The summed E-state index contributed by atoms with van der Waals surface area (Å²) in [4.78, 5) is 20.0. The van der Waals surface area contributed by atoms with Crippen LogP contribution >= 0.6 is 0 Å². The van der Waals surface area contributed by atoms with E-state index in [0.717, 1.165) is 22.6 Å². The van der Waals surface area contributed by atoms with Crippen LogP contribution in [-0.2, 0) is 13.5 Å². The molecular weight excluding hydrogens is 254 g/mol. The summed E-state index contributed by atoms with van der Waals surface area (Å²) in [6, 6.07) is 10.7. The van der Waals surface area contributed by atoms with E-state index in [1.165, 1.54) is 0 Å². The number of rotatable bonds is 3. The second-order valence-electron chi connectivity index (χ2n) is 4.57. The lowest BCUT2D eigenvalue weighted by molar-refractivity contribution is 0.0696. The smallest absolute Gasteiger partial charge is 0.335 e. The average Bonchev–Trinajstić information content (AvgIpc) is 2.76. The number of carbonyl (C=O) groups is 1. The Morgan fingerprint density at radius 1 is 1.25 bits per heavy atom. The largest absolute Gasteiger partial charge is 0.478 e. The van der Waals surface area contributed by atoms with Crippen molar-refractivity contribution in [3.8, 4) is 0 Å². The molecule has 2 aromatic heterocycles. The Kier molecular flexibility index (Phi) is 2.95. The van der Waals surface area contributed by atoms with Crippen molar-refractivity contribution < 1.29 is 9.90 Å². The third-order valence-electron chi connectivity index (χ3n) is 3.32. The summed E-state index contributed by atoms with van der Waals surface area (Å²) in [5, 5.41) is 9.21. The summed E-state index contributed by atoms with van der Waals surface area (Å²) < 4.78 is 1.90. The van der Waals surface area contributed by atoms with Crippen LogP contribution in [0.4, 0.5) is 0 Å². The number of hydrogen-bond acceptors (Lipinski definition) is 3. The molecule has 5 heteroatoms. The number of benzene rings is 1. The summed E-state index contributed by atoms with van der Waals surface area (Å²) in [5.74, 6) is -0.120. The van der Waals surface area contributed by atoms with Gasteiger partial charge in [0, 0.05) is 19.7 Å². The first-order valence-corrected chi connectivity index (χ1v) is 6.24. The topological polar surface area (TPSA) is 68.0 Å². The lowest BCUT2D eigenvalue weighted by Gasteiger charge is -2.05. The van der Waals surface area contributed by atoms with E-state index in [1.54, 1.807) is 18.3 Å².